The number of aliphatic carboxylic acids is 1. The molecule has 0 aliphatic carbocycles. The minimum atomic E-state index is -0.925. The third-order valence-corrected chi connectivity index (χ3v) is 4.47. The van der Waals surface area contributed by atoms with Crippen LogP contribution in [-0.4, -0.2) is 16.2 Å². The van der Waals surface area contributed by atoms with Gasteiger partial charge in [-0.2, -0.15) is 0 Å². The van der Waals surface area contributed by atoms with Crippen LogP contribution in [0.5, 0.6) is 0 Å². The molecule has 0 aliphatic rings. The number of rotatable bonds is 6. The van der Waals surface area contributed by atoms with Crippen molar-refractivity contribution in [1.29, 1.82) is 0 Å². The highest BCUT2D eigenvalue weighted by Crippen LogP contribution is 2.38. The zero-order valence-electron chi connectivity index (χ0n) is 15.1. The number of carboxylic acids is 1. The number of aliphatic hydroxyl groups is 1. The van der Waals surface area contributed by atoms with E-state index in [1.165, 1.54) is 12.1 Å². The largest absolute Gasteiger partial charge is 0.481 e. The Kier molecular flexibility index (Phi) is 5.96. The highest BCUT2D eigenvalue weighted by atomic mass is 19.1. The molecule has 0 saturated heterocycles. The van der Waals surface area contributed by atoms with Crippen molar-refractivity contribution >= 4 is 5.97 Å². The van der Waals surface area contributed by atoms with Gasteiger partial charge in [0.05, 0.1) is 13.0 Å². The number of aliphatic hydroxyl groups excluding tert-OH is 1. The molecule has 25 heavy (non-hydrogen) atoms. The normalized spacial score (nSPS) is 11.4. The molecule has 0 bridgehead atoms. The lowest BCUT2D eigenvalue weighted by Crippen LogP contribution is -2.12. The van der Waals surface area contributed by atoms with Crippen molar-refractivity contribution in [3.63, 3.8) is 0 Å². The first kappa shape index (κ1) is 19.1. The van der Waals surface area contributed by atoms with Crippen LogP contribution in [-0.2, 0) is 17.8 Å². The van der Waals surface area contributed by atoms with Crippen LogP contribution in [0.4, 0.5) is 4.39 Å². The molecular weight excluding hydrogens is 319 g/mol. The van der Waals surface area contributed by atoms with Gasteiger partial charge < -0.3 is 10.2 Å². The molecule has 0 aliphatic heterocycles. The quantitative estimate of drug-likeness (QED) is 0.787. The Morgan fingerprint density at radius 3 is 1.96 bits per heavy atom. The Balaban J connectivity index is 2.90. The SMILES string of the molecule is CC(C)c1cc(C(C)C)c(CC(=O)O)c(-c2ccc(F)cc2)c1CO. The first-order valence-corrected chi connectivity index (χ1v) is 8.53. The predicted octanol–water partition coefficient (Wildman–Crippen LogP) is 4.86. The number of carbonyl (C=O) groups is 1. The molecule has 0 atom stereocenters. The van der Waals surface area contributed by atoms with Gasteiger partial charge in [-0.15, -0.1) is 0 Å². The van der Waals surface area contributed by atoms with Crippen LogP contribution < -0.4 is 0 Å². The molecule has 0 amide bonds. The Morgan fingerprint density at radius 1 is 1.00 bits per heavy atom. The summed E-state index contributed by atoms with van der Waals surface area (Å²) in [6.07, 6.45) is -0.133. The molecule has 0 saturated carbocycles. The summed E-state index contributed by atoms with van der Waals surface area (Å²) < 4.78 is 13.4. The zero-order chi connectivity index (χ0) is 18.7. The maximum Gasteiger partial charge on any atom is 0.307 e. The Hall–Kier alpha value is -2.20. The van der Waals surface area contributed by atoms with Gasteiger partial charge in [-0.25, -0.2) is 4.39 Å². The fourth-order valence-corrected chi connectivity index (χ4v) is 3.32. The predicted molar refractivity (Wildman–Crippen MR) is 97.3 cm³/mol. The maximum atomic E-state index is 13.4. The highest BCUT2D eigenvalue weighted by molar-refractivity contribution is 5.81. The monoisotopic (exact) mass is 344 g/mol. The minimum Gasteiger partial charge on any atom is -0.481 e. The van der Waals surface area contributed by atoms with Crippen molar-refractivity contribution in [3.8, 4) is 11.1 Å². The van der Waals surface area contributed by atoms with E-state index in [0.29, 0.717) is 5.56 Å². The second-order valence-corrected chi connectivity index (χ2v) is 6.93. The molecular formula is C21H25FO3. The molecule has 0 radical (unpaired) electrons. The van der Waals surface area contributed by atoms with E-state index in [4.69, 9.17) is 0 Å². The van der Waals surface area contributed by atoms with Crippen LogP contribution in [0.25, 0.3) is 11.1 Å². The smallest absolute Gasteiger partial charge is 0.307 e. The number of hydrogen-bond acceptors (Lipinski definition) is 2. The number of benzene rings is 2. The first-order valence-electron chi connectivity index (χ1n) is 8.53. The molecule has 0 fully saturated rings. The lowest BCUT2D eigenvalue weighted by molar-refractivity contribution is -0.136. The van der Waals surface area contributed by atoms with Crippen LogP contribution in [0.3, 0.4) is 0 Å². The van der Waals surface area contributed by atoms with Crippen LogP contribution in [0.1, 0.15) is 61.8 Å². The van der Waals surface area contributed by atoms with Crippen LogP contribution in [0, 0.1) is 5.82 Å². The average molecular weight is 344 g/mol. The van der Waals surface area contributed by atoms with Gasteiger partial charge in [-0.3, -0.25) is 4.79 Å². The summed E-state index contributed by atoms with van der Waals surface area (Å²) in [4.78, 5) is 11.5. The van der Waals surface area contributed by atoms with Crippen molar-refractivity contribution in [1.82, 2.24) is 0 Å². The van der Waals surface area contributed by atoms with Gasteiger partial charge in [0.15, 0.2) is 0 Å². The molecule has 4 heteroatoms. The van der Waals surface area contributed by atoms with E-state index in [2.05, 4.69) is 0 Å². The summed E-state index contributed by atoms with van der Waals surface area (Å²) in [5, 5.41) is 19.4. The lowest BCUT2D eigenvalue weighted by atomic mass is 9.80. The molecule has 2 aromatic carbocycles. The van der Waals surface area contributed by atoms with Crippen molar-refractivity contribution in [3.05, 3.63) is 58.4 Å². The van der Waals surface area contributed by atoms with Crippen LogP contribution in [0.2, 0.25) is 0 Å². The topological polar surface area (TPSA) is 57.5 Å². The summed E-state index contributed by atoms with van der Waals surface area (Å²) in [5.74, 6) is -0.957. The molecule has 3 nitrogen and oxygen atoms in total. The summed E-state index contributed by atoms with van der Waals surface area (Å²) in [6, 6.07) is 8.02. The second-order valence-electron chi connectivity index (χ2n) is 6.93. The second kappa shape index (κ2) is 7.79. The van der Waals surface area contributed by atoms with Crippen molar-refractivity contribution in [2.24, 2.45) is 0 Å². The van der Waals surface area contributed by atoms with Gasteiger partial charge in [0.25, 0.3) is 0 Å². The Morgan fingerprint density at radius 2 is 1.52 bits per heavy atom. The lowest BCUT2D eigenvalue weighted by Gasteiger charge is -2.24. The summed E-state index contributed by atoms with van der Waals surface area (Å²) in [7, 11) is 0. The minimum absolute atomic E-state index is 0.133. The van der Waals surface area contributed by atoms with Crippen molar-refractivity contribution in [2.45, 2.75) is 52.6 Å². The fourth-order valence-electron chi connectivity index (χ4n) is 3.32. The van der Waals surface area contributed by atoms with Crippen LogP contribution >= 0.6 is 0 Å². The Bertz CT molecular complexity index is 762. The third-order valence-electron chi connectivity index (χ3n) is 4.47. The van der Waals surface area contributed by atoms with E-state index in [1.807, 2.05) is 33.8 Å². The fraction of sp³-hybridized carbons (Fsp3) is 0.381. The summed E-state index contributed by atoms with van der Waals surface area (Å²) in [6.45, 7) is 7.95. The van der Waals surface area contributed by atoms with E-state index < -0.39 is 5.97 Å². The molecule has 2 N–H and O–H groups in total. The number of halogens is 1. The highest BCUT2D eigenvalue weighted by Gasteiger charge is 2.23. The van der Waals surface area contributed by atoms with Crippen molar-refractivity contribution < 1.29 is 19.4 Å². The van der Waals surface area contributed by atoms with E-state index in [0.717, 1.165) is 27.8 Å². The molecule has 0 spiro atoms. The maximum absolute atomic E-state index is 13.4. The van der Waals surface area contributed by atoms with Gasteiger partial charge in [0, 0.05) is 0 Å². The standard InChI is InChI=1S/C21H25FO3/c1-12(2)16-9-17(13(3)4)19(11-23)21(18(16)10-20(24)25)14-5-7-15(22)8-6-14/h5-9,12-13,23H,10-11H2,1-4H3,(H,24,25). The Labute approximate surface area is 148 Å². The van der Waals surface area contributed by atoms with Crippen molar-refractivity contribution in [2.75, 3.05) is 0 Å². The van der Waals surface area contributed by atoms with E-state index >= 15 is 0 Å². The summed E-state index contributed by atoms with van der Waals surface area (Å²) >= 11 is 0. The van der Waals surface area contributed by atoms with E-state index in [-0.39, 0.29) is 30.7 Å². The van der Waals surface area contributed by atoms with Gasteiger partial charge in [0.1, 0.15) is 5.82 Å². The summed E-state index contributed by atoms with van der Waals surface area (Å²) in [5.41, 5.74) is 4.83. The van der Waals surface area contributed by atoms with E-state index in [9.17, 15) is 19.4 Å². The van der Waals surface area contributed by atoms with Crippen LogP contribution in [0.15, 0.2) is 30.3 Å². The molecule has 0 unspecified atom stereocenters. The molecule has 0 heterocycles. The van der Waals surface area contributed by atoms with Gasteiger partial charge in [0.2, 0.25) is 0 Å². The van der Waals surface area contributed by atoms with E-state index in [1.54, 1.807) is 12.1 Å². The van der Waals surface area contributed by atoms with Gasteiger partial charge in [-0.1, -0.05) is 45.9 Å². The van der Waals surface area contributed by atoms with Gasteiger partial charge >= 0.3 is 5.97 Å². The average Bonchev–Trinajstić information content (AvgIpc) is 2.54. The molecule has 2 aromatic rings. The zero-order valence-corrected chi connectivity index (χ0v) is 15.1. The van der Waals surface area contributed by atoms with Gasteiger partial charge in [-0.05, 0) is 57.3 Å². The third kappa shape index (κ3) is 4.07. The first-order chi connectivity index (χ1) is 11.8. The molecule has 2 rings (SSSR count). The number of hydrogen-bond donors (Lipinski definition) is 2. The number of carboxylic acid groups (broad SMARTS) is 1. The molecule has 0 aromatic heterocycles. The molecule has 134 valence electrons.